The number of hydrogen-bond donors (Lipinski definition) is 2. The molecule has 1 atom stereocenters. The number of halogens is 1. The van der Waals surface area contributed by atoms with Crippen molar-refractivity contribution in [1.29, 1.82) is 0 Å². The quantitative estimate of drug-likeness (QED) is 0.735. The summed E-state index contributed by atoms with van der Waals surface area (Å²) in [7, 11) is 0. The summed E-state index contributed by atoms with van der Waals surface area (Å²) in [4.78, 5) is 11.3. The minimum atomic E-state index is 0.0782. The lowest BCUT2D eigenvalue weighted by molar-refractivity contribution is -0.121. The molecule has 0 aromatic rings. The summed E-state index contributed by atoms with van der Waals surface area (Å²) in [6.45, 7) is 6.95. The summed E-state index contributed by atoms with van der Waals surface area (Å²) in [5, 5.41) is 2.76. The van der Waals surface area contributed by atoms with Crippen molar-refractivity contribution in [1.82, 2.24) is 5.32 Å². The van der Waals surface area contributed by atoms with Crippen molar-refractivity contribution < 1.29 is 4.79 Å². The number of nitrogens with two attached hydrogens (primary N) is 1. The third-order valence-electron chi connectivity index (χ3n) is 2.00. The third kappa shape index (κ3) is 8.26. The van der Waals surface area contributed by atoms with Crippen LogP contribution in [0.15, 0.2) is 11.1 Å². The minimum absolute atomic E-state index is 0.0782. The topological polar surface area (TPSA) is 55.1 Å². The average Bonchev–Trinajstić information content (AvgIpc) is 2.12. The Bertz CT molecular complexity index is 195. The highest BCUT2D eigenvalue weighted by Gasteiger charge is 2.05. The van der Waals surface area contributed by atoms with Gasteiger partial charge in [0.2, 0.25) is 5.91 Å². The van der Waals surface area contributed by atoms with Gasteiger partial charge in [0.25, 0.3) is 0 Å². The summed E-state index contributed by atoms with van der Waals surface area (Å²) in [6, 6.07) is 0. The first-order valence-electron chi connectivity index (χ1n) is 4.86. The van der Waals surface area contributed by atoms with Gasteiger partial charge in [-0.1, -0.05) is 29.4 Å². The molecular formula is C10H19BrN2O. The van der Waals surface area contributed by atoms with Crippen LogP contribution in [0.2, 0.25) is 0 Å². The van der Waals surface area contributed by atoms with Crippen LogP contribution in [0.5, 0.6) is 0 Å². The van der Waals surface area contributed by atoms with Gasteiger partial charge in [-0.15, -0.1) is 0 Å². The van der Waals surface area contributed by atoms with Crippen LogP contribution in [0, 0.1) is 5.92 Å². The third-order valence-corrected chi connectivity index (χ3v) is 2.28. The minimum Gasteiger partial charge on any atom is -0.352 e. The molecule has 0 aromatic heterocycles. The fraction of sp³-hybridized carbons (Fsp3) is 0.700. The highest BCUT2D eigenvalue weighted by Crippen LogP contribution is 2.08. The fourth-order valence-corrected chi connectivity index (χ4v) is 1.23. The van der Waals surface area contributed by atoms with E-state index in [0.29, 0.717) is 25.4 Å². The Morgan fingerprint density at radius 3 is 2.71 bits per heavy atom. The van der Waals surface area contributed by atoms with E-state index in [-0.39, 0.29) is 5.91 Å². The monoisotopic (exact) mass is 262 g/mol. The van der Waals surface area contributed by atoms with Crippen LogP contribution in [0.1, 0.15) is 26.2 Å². The van der Waals surface area contributed by atoms with E-state index in [0.717, 1.165) is 17.3 Å². The van der Waals surface area contributed by atoms with E-state index >= 15 is 0 Å². The van der Waals surface area contributed by atoms with E-state index in [9.17, 15) is 4.79 Å². The molecule has 0 aliphatic carbocycles. The van der Waals surface area contributed by atoms with E-state index in [1.165, 1.54) is 0 Å². The molecule has 14 heavy (non-hydrogen) atoms. The summed E-state index contributed by atoms with van der Waals surface area (Å²) < 4.78 is 0.792. The molecule has 0 heterocycles. The lowest BCUT2D eigenvalue weighted by Crippen LogP contribution is -2.24. The van der Waals surface area contributed by atoms with Crippen molar-refractivity contribution in [3.8, 4) is 0 Å². The van der Waals surface area contributed by atoms with Gasteiger partial charge in [-0.05, 0) is 25.3 Å². The molecule has 0 rings (SSSR count). The van der Waals surface area contributed by atoms with Crippen molar-refractivity contribution >= 4 is 21.8 Å². The molecular weight excluding hydrogens is 244 g/mol. The molecule has 1 unspecified atom stereocenters. The van der Waals surface area contributed by atoms with Crippen LogP contribution in [0.25, 0.3) is 0 Å². The van der Waals surface area contributed by atoms with Gasteiger partial charge in [-0.25, -0.2) is 0 Å². The molecule has 0 aliphatic heterocycles. The van der Waals surface area contributed by atoms with Crippen LogP contribution < -0.4 is 11.1 Å². The van der Waals surface area contributed by atoms with Crippen LogP contribution >= 0.6 is 15.9 Å². The van der Waals surface area contributed by atoms with Gasteiger partial charge in [0.15, 0.2) is 0 Å². The largest absolute Gasteiger partial charge is 0.352 e. The van der Waals surface area contributed by atoms with Gasteiger partial charge < -0.3 is 11.1 Å². The van der Waals surface area contributed by atoms with E-state index in [1.807, 2.05) is 0 Å². The van der Waals surface area contributed by atoms with E-state index in [4.69, 9.17) is 5.73 Å². The molecule has 0 saturated heterocycles. The molecule has 3 N–H and O–H groups in total. The molecule has 82 valence electrons. The van der Waals surface area contributed by atoms with E-state index in [1.54, 1.807) is 0 Å². The van der Waals surface area contributed by atoms with Crippen LogP contribution in [-0.4, -0.2) is 19.0 Å². The van der Waals surface area contributed by atoms with Gasteiger partial charge in [-0.3, -0.25) is 4.79 Å². The second-order valence-electron chi connectivity index (χ2n) is 3.52. The van der Waals surface area contributed by atoms with Gasteiger partial charge in [-0.2, -0.15) is 0 Å². The zero-order valence-electron chi connectivity index (χ0n) is 8.68. The lowest BCUT2D eigenvalue weighted by atomic mass is 10.0. The van der Waals surface area contributed by atoms with E-state index in [2.05, 4.69) is 34.7 Å². The molecule has 0 aromatic carbocycles. The Balaban J connectivity index is 3.48. The average molecular weight is 263 g/mol. The van der Waals surface area contributed by atoms with Crippen molar-refractivity contribution in [2.75, 3.05) is 13.1 Å². The maximum Gasteiger partial charge on any atom is 0.220 e. The maximum absolute atomic E-state index is 11.3. The maximum atomic E-state index is 11.3. The Hall–Kier alpha value is -0.350. The van der Waals surface area contributed by atoms with Crippen LogP contribution in [0.3, 0.4) is 0 Å². The Kier molecular flexibility index (Phi) is 7.80. The van der Waals surface area contributed by atoms with Gasteiger partial charge in [0, 0.05) is 17.4 Å². The molecule has 0 radical (unpaired) electrons. The van der Waals surface area contributed by atoms with Crippen molar-refractivity contribution in [2.24, 2.45) is 11.7 Å². The molecule has 0 aliphatic rings. The summed E-state index contributed by atoms with van der Waals surface area (Å²) >= 11 is 3.18. The highest BCUT2D eigenvalue weighted by molar-refractivity contribution is 9.11. The zero-order chi connectivity index (χ0) is 11.0. The number of carbonyl (C=O) groups excluding carboxylic acids is 1. The standard InChI is InChI=1S/C10H19BrN2O/c1-8(5-6-12)3-4-10(14)13-7-9(2)11/h8H,2-7,12H2,1H3,(H,13,14). The number of hydrogen-bond acceptors (Lipinski definition) is 2. The Morgan fingerprint density at radius 1 is 1.57 bits per heavy atom. The Labute approximate surface area is 94.3 Å². The smallest absolute Gasteiger partial charge is 0.220 e. The van der Waals surface area contributed by atoms with Crippen molar-refractivity contribution in [3.63, 3.8) is 0 Å². The molecule has 3 nitrogen and oxygen atoms in total. The first kappa shape index (κ1) is 13.7. The molecule has 0 fully saturated rings. The first-order valence-corrected chi connectivity index (χ1v) is 5.65. The predicted octanol–water partition coefficient (Wildman–Crippen LogP) is 1.78. The van der Waals surface area contributed by atoms with Gasteiger partial charge in [0.05, 0.1) is 0 Å². The zero-order valence-corrected chi connectivity index (χ0v) is 10.3. The molecule has 4 heteroatoms. The predicted molar refractivity (Wildman–Crippen MR) is 63.1 cm³/mol. The molecule has 0 spiro atoms. The second kappa shape index (κ2) is 8.00. The second-order valence-corrected chi connectivity index (χ2v) is 4.64. The van der Waals surface area contributed by atoms with Crippen LogP contribution in [-0.2, 0) is 4.79 Å². The first-order chi connectivity index (χ1) is 6.56. The number of amides is 1. The Morgan fingerprint density at radius 2 is 2.21 bits per heavy atom. The van der Waals surface area contributed by atoms with Crippen molar-refractivity contribution in [3.05, 3.63) is 11.1 Å². The molecule has 1 amide bonds. The molecule has 0 bridgehead atoms. The lowest BCUT2D eigenvalue weighted by Gasteiger charge is -2.09. The normalized spacial score (nSPS) is 12.2. The number of nitrogens with one attached hydrogen (secondary N) is 1. The number of carbonyl (C=O) groups is 1. The summed E-state index contributed by atoms with van der Waals surface area (Å²) in [5.41, 5.74) is 5.42. The van der Waals surface area contributed by atoms with E-state index < -0.39 is 0 Å². The SMILES string of the molecule is C=C(Br)CNC(=O)CCC(C)CCN. The summed E-state index contributed by atoms with van der Waals surface area (Å²) in [6.07, 6.45) is 2.46. The molecule has 0 saturated carbocycles. The van der Waals surface area contributed by atoms with Gasteiger partial charge in [0.1, 0.15) is 0 Å². The van der Waals surface area contributed by atoms with Crippen LogP contribution in [0.4, 0.5) is 0 Å². The summed E-state index contributed by atoms with van der Waals surface area (Å²) in [5.74, 6) is 0.604. The highest BCUT2D eigenvalue weighted by atomic mass is 79.9. The number of rotatable bonds is 7. The van der Waals surface area contributed by atoms with Crippen molar-refractivity contribution in [2.45, 2.75) is 26.2 Å². The fourth-order valence-electron chi connectivity index (χ4n) is 1.09. The van der Waals surface area contributed by atoms with Gasteiger partial charge >= 0.3 is 0 Å².